The lowest BCUT2D eigenvalue weighted by Gasteiger charge is -2.24. The maximum Gasteiger partial charge on any atom is 0.120 e. The van der Waals surface area contributed by atoms with E-state index >= 15 is 0 Å². The molecule has 106 valence electrons. The van der Waals surface area contributed by atoms with Gasteiger partial charge in [-0.25, -0.2) is 0 Å². The van der Waals surface area contributed by atoms with Crippen LogP contribution in [-0.4, -0.2) is 24.5 Å². The highest BCUT2D eigenvalue weighted by Crippen LogP contribution is 2.18. The second-order valence-corrected chi connectivity index (χ2v) is 5.55. The summed E-state index contributed by atoms with van der Waals surface area (Å²) >= 11 is 0. The molecule has 0 radical (unpaired) electrons. The lowest BCUT2D eigenvalue weighted by molar-refractivity contribution is 0.254. The summed E-state index contributed by atoms with van der Waals surface area (Å²) in [4.78, 5) is 2.46. The first-order valence-corrected chi connectivity index (χ1v) is 7.36. The van der Waals surface area contributed by atoms with Crippen molar-refractivity contribution in [3.05, 3.63) is 34.8 Å². The van der Waals surface area contributed by atoms with E-state index in [1.54, 1.807) is 0 Å². The quantitative estimate of drug-likeness (QED) is 0.630. The van der Waals surface area contributed by atoms with E-state index in [1.165, 1.54) is 11.1 Å². The molecule has 0 bridgehead atoms. The minimum Gasteiger partial charge on any atom is -0.463 e. The van der Waals surface area contributed by atoms with Crippen molar-refractivity contribution in [1.82, 2.24) is 10.2 Å². The first-order valence-electron chi connectivity index (χ1n) is 7.36. The van der Waals surface area contributed by atoms with Gasteiger partial charge in [0, 0.05) is 13.1 Å². The first kappa shape index (κ1) is 14.4. The summed E-state index contributed by atoms with van der Waals surface area (Å²) in [5.74, 6) is 2.19. The minimum absolute atomic E-state index is 0.846. The molecule has 2 rings (SSSR count). The van der Waals surface area contributed by atoms with Gasteiger partial charge in [-0.3, -0.25) is 4.90 Å². The molecule has 0 aromatic carbocycles. The zero-order valence-electron chi connectivity index (χ0n) is 12.5. The largest absolute Gasteiger partial charge is 0.463 e. The zero-order chi connectivity index (χ0) is 13.7. The van der Waals surface area contributed by atoms with Crippen LogP contribution in [0.2, 0.25) is 0 Å². The Kier molecular flexibility index (Phi) is 5.23. The minimum atomic E-state index is 0.846. The van der Waals surface area contributed by atoms with E-state index in [0.29, 0.717) is 0 Å². The summed E-state index contributed by atoms with van der Waals surface area (Å²) in [5, 5.41) is 3.40. The second-order valence-electron chi connectivity index (χ2n) is 5.55. The average molecular weight is 262 g/mol. The molecule has 0 fully saturated rings. The van der Waals surface area contributed by atoms with Gasteiger partial charge in [-0.05, 0) is 44.9 Å². The molecule has 0 spiro atoms. The predicted molar refractivity (Wildman–Crippen MR) is 79.1 cm³/mol. The third-order valence-corrected chi connectivity index (χ3v) is 3.57. The molecule has 0 atom stereocenters. The Morgan fingerprint density at radius 1 is 1.37 bits per heavy atom. The lowest BCUT2D eigenvalue weighted by atomic mass is 10.1. The van der Waals surface area contributed by atoms with Crippen molar-refractivity contribution in [2.75, 3.05) is 19.6 Å². The van der Waals surface area contributed by atoms with Gasteiger partial charge in [0.15, 0.2) is 0 Å². The summed E-state index contributed by atoms with van der Waals surface area (Å²) in [6.07, 6.45) is 4.66. The van der Waals surface area contributed by atoms with E-state index in [2.05, 4.69) is 43.1 Å². The van der Waals surface area contributed by atoms with Gasteiger partial charge in [0.25, 0.3) is 0 Å². The van der Waals surface area contributed by atoms with E-state index in [9.17, 15) is 0 Å². The summed E-state index contributed by atoms with van der Waals surface area (Å²) in [6, 6.07) is 2.19. The highest BCUT2D eigenvalue weighted by Gasteiger charge is 2.14. The SMILES string of the molecule is CCCNCc1oc(CN2CCC=C(C)C2)cc1C. The number of nitrogens with one attached hydrogen (secondary N) is 1. The highest BCUT2D eigenvalue weighted by molar-refractivity contribution is 5.20. The number of nitrogens with zero attached hydrogens (tertiary/aromatic N) is 1. The molecule has 1 aliphatic heterocycles. The molecule has 19 heavy (non-hydrogen) atoms. The topological polar surface area (TPSA) is 28.4 Å². The molecule has 0 amide bonds. The number of hydrogen-bond donors (Lipinski definition) is 1. The number of hydrogen-bond acceptors (Lipinski definition) is 3. The first-order chi connectivity index (χ1) is 9.19. The van der Waals surface area contributed by atoms with Crippen LogP contribution in [0.25, 0.3) is 0 Å². The Balaban J connectivity index is 1.90. The van der Waals surface area contributed by atoms with E-state index in [1.807, 2.05) is 0 Å². The van der Waals surface area contributed by atoms with Crippen LogP contribution in [0.3, 0.4) is 0 Å². The Morgan fingerprint density at radius 3 is 2.95 bits per heavy atom. The summed E-state index contributed by atoms with van der Waals surface area (Å²) < 4.78 is 5.98. The van der Waals surface area contributed by atoms with Crippen molar-refractivity contribution in [2.45, 2.75) is 46.7 Å². The van der Waals surface area contributed by atoms with E-state index in [-0.39, 0.29) is 0 Å². The molecule has 0 saturated carbocycles. The Bertz CT molecular complexity index is 434. The molecule has 0 unspecified atom stereocenters. The van der Waals surface area contributed by atoms with Crippen LogP contribution in [0.4, 0.5) is 0 Å². The van der Waals surface area contributed by atoms with Crippen LogP contribution in [0, 0.1) is 6.92 Å². The Hall–Kier alpha value is -1.06. The van der Waals surface area contributed by atoms with Crippen LogP contribution in [0.5, 0.6) is 0 Å². The fraction of sp³-hybridized carbons (Fsp3) is 0.625. The fourth-order valence-electron chi connectivity index (χ4n) is 2.57. The molecular weight excluding hydrogens is 236 g/mol. The molecule has 1 aromatic heterocycles. The molecule has 1 aromatic rings. The Morgan fingerprint density at radius 2 is 2.21 bits per heavy atom. The van der Waals surface area contributed by atoms with Gasteiger partial charge in [0.2, 0.25) is 0 Å². The molecule has 2 heterocycles. The molecule has 1 N–H and O–H groups in total. The third-order valence-electron chi connectivity index (χ3n) is 3.57. The van der Waals surface area contributed by atoms with Crippen LogP contribution in [-0.2, 0) is 13.1 Å². The Labute approximate surface area is 116 Å². The number of aryl methyl sites for hydroxylation is 1. The van der Waals surface area contributed by atoms with Crippen molar-refractivity contribution < 1.29 is 4.42 Å². The standard InChI is InChI=1S/C16H26N2O/c1-4-7-17-10-16-14(3)9-15(19-16)12-18-8-5-6-13(2)11-18/h6,9,17H,4-5,7-8,10-12H2,1-3H3. The number of furan rings is 1. The van der Waals surface area contributed by atoms with E-state index in [4.69, 9.17) is 4.42 Å². The van der Waals surface area contributed by atoms with Crippen LogP contribution >= 0.6 is 0 Å². The summed E-state index contributed by atoms with van der Waals surface area (Å²) in [5.41, 5.74) is 2.74. The average Bonchev–Trinajstić information content (AvgIpc) is 2.70. The maximum atomic E-state index is 5.98. The highest BCUT2D eigenvalue weighted by atomic mass is 16.3. The van der Waals surface area contributed by atoms with Gasteiger partial charge in [0.1, 0.15) is 11.5 Å². The molecule has 1 aliphatic rings. The maximum absolute atomic E-state index is 5.98. The van der Waals surface area contributed by atoms with Gasteiger partial charge in [0.05, 0.1) is 13.1 Å². The summed E-state index contributed by atoms with van der Waals surface area (Å²) in [6.45, 7) is 11.6. The van der Waals surface area contributed by atoms with Crippen molar-refractivity contribution in [3.8, 4) is 0 Å². The fourth-order valence-corrected chi connectivity index (χ4v) is 2.57. The second kappa shape index (κ2) is 6.92. The van der Waals surface area contributed by atoms with Crippen LogP contribution in [0.15, 0.2) is 22.1 Å². The third kappa shape index (κ3) is 4.22. The monoisotopic (exact) mass is 262 g/mol. The predicted octanol–water partition coefficient (Wildman–Crippen LogP) is 3.24. The van der Waals surface area contributed by atoms with Gasteiger partial charge in [-0.15, -0.1) is 0 Å². The van der Waals surface area contributed by atoms with Crippen molar-refractivity contribution in [2.24, 2.45) is 0 Å². The summed E-state index contributed by atoms with van der Waals surface area (Å²) in [7, 11) is 0. The molecule has 0 saturated heterocycles. The van der Waals surface area contributed by atoms with Crippen LogP contribution < -0.4 is 5.32 Å². The van der Waals surface area contributed by atoms with Gasteiger partial charge in [-0.1, -0.05) is 18.6 Å². The normalized spacial score (nSPS) is 16.7. The number of rotatable bonds is 6. The van der Waals surface area contributed by atoms with Crippen molar-refractivity contribution in [3.63, 3.8) is 0 Å². The van der Waals surface area contributed by atoms with Crippen LogP contribution in [0.1, 0.15) is 43.8 Å². The molecule has 3 heteroatoms. The van der Waals surface area contributed by atoms with Gasteiger partial charge in [-0.2, -0.15) is 0 Å². The van der Waals surface area contributed by atoms with E-state index < -0.39 is 0 Å². The van der Waals surface area contributed by atoms with E-state index in [0.717, 1.165) is 57.1 Å². The van der Waals surface area contributed by atoms with Gasteiger partial charge >= 0.3 is 0 Å². The smallest absolute Gasteiger partial charge is 0.120 e. The molecule has 0 aliphatic carbocycles. The van der Waals surface area contributed by atoms with Gasteiger partial charge < -0.3 is 9.73 Å². The zero-order valence-corrected chi connectivity index (χ0v) is 12.5. The van der Waals surface area contributed by atoms with Crippen molar-refractivity contribution in [1.29, 1.82) is 0 Å². The van der Waals surface area contributed by atoms with Crippen molar-refractivity contribution >= 4 is 0 Å². The lowest BCUT2D eigenvalue weighted by Crippen LogP contribution is -2.28. The molecular formula is C16H26N2O. The molecule has 3 nitrogen and oxygen atoms in total.